The molecule has 0 aromatic rings. The number of aliphatic carboxylic acids is 1. The molecule has 0 radical (unpaired) electrons. The average molecular weight is 353 g/mol. The van der Waals surface area contributed by atoms with E-state index in [1.807, 2.05) is 20.8 Å². The minimum absolute atomic E-state index is 0.111. The second-order valence-electron chi connectivity index (χ2n) is 7.88. The van der Waals surface area contributed by atoms with Crippen molar-refractivity contribution in [1.82, 2.24) is 15.1 Å². The Morgan fingerprint density at radius 1 is 1.20 bits per heavy atom. The third-order valence-electron chi connectivity index (χ3n) is 5.15. The highest BCUT2D eigenvalue weighted by Crippen LogP contribution is 2.27. The molecule has 2 rings (SSSR count). The fourth-order valence-corrected chi connectivity index (χ4v) is 3.64. The molecular weight excluding hydrogens is 322 g/mol. The van der Waals surface area contributed by atoms with Crippen LogP contribution in [0.2, 0.25) is 0 Å². The summed E-state index contributed by atoms with van der Waals surface area (Å²) in [6, 6.07) is -0.866. The van der Waals surface area contributed by atoms with Crippen molar-refractivity contribution in [2.24, 2.45) is 17.8 Å². The van der Waals surface area contributed by atoms with Gasteiger partial charge in [-0.15, -0.1) is 0 Å². The van der Waals surface area contributed by atoms with Gasteiger partial charge in [0.1, 0.15) is 6.04 Å². The van der Waals surface area contributed by atoms with E-state index in [0.717, 1.165) is 12.8 Å². The van der Waals surface area contributed by atoms with E-state index in [1.54, 1.807) is 4.90 Å². The second-order valence-corrected chi connectivity index (χ2v) is 7.88. The number of rotatable bonds is 4. The maximum atomic E-state index is 12.9. The Labute approximate surface area is 149 Å². The first-order valence-electron chi connectivity index (χ1n) is 9.35. The smallest absolute Gasteiger partial charge is 0.326 e. The zero-order chi connectivity index (χ0) is 18.6. The Kier molecular flexibility index (Phi) is 6.67. The monoisotopic (exact) mass is 353 g/mol. The summed E-state index contributed by atoms with van der Waals surface area (Å²) in [5.74, 6) is -0.649. The van der Waals surface area contributed by atoms with Gasteiger partial charge in [0.2, 0.25) is 5.91 Å². The van der Waals surface area contributed by atoms with E-state index in [-0.39, 0.29) is 17.9 Å². The van der Waals surface area contributed by atoms with Crippen LogP contribution in [0.15, 0.2) is 0 Å². The lowest BCUT2D eigenvalue weighted by molar-refractivity contribution is -0.155. The van der Waals surface area contributed by atoms with Crippen molar-refractivity contribution in [2.45, 2.75) is 52.5 Å². The van der Waals surface area contributed by atoms with Crippen molar-refractivity contribution in [3.8, 4) is 0 Å². The molecule has 2 aliphatic rings. The molecule has 0 spiro atoms. The van der Waals surface area contributed by atoms with Gasteiger partial charge in [-0.3, -0.25) is 4.79 Å². The van der Waals surface area contributed by atoms with Crippen molar-refractivity contribution in [3.05, 3.63) is 0 Å². The minimum atomic E-state index is -0.928. The quantitative estimate of drug-likeness (QED) is 0.806. The van der Waals surface area contributed by atoms with E-state index in [0.29, 0.717) is 50.9 Å². The number of hydrogen-bond donors (Lipinski definition) is 2. The highest BCUT2D eigenvalue weighted by molar-refractivity contribution is 5.86. The predicted molar refractivity (Wildman–Crippen MR) is 94.1 cm³/mol. The van der Waals surface area contributed by atoms with E-state index in [9.17, 15) is 19.5 Å². The lowest BCUT2D eigenvalue weighted by atomic mass is 9.89. The van der Waals surface area contributed by atoms with Crippen molar-refractivity contribution in [1.29, 1.82) is 0 Å². The molecule has 2 fully saturated rings. The summed E-state index contributed by atoms with van der Waals surface area (Å²) in [5, 5.41) is 12.4. The molecule has 0 aliphatic carbocycles. The van der Waals surface area contributed by atoms with Crippen LogP contribution in [-0.2, 0) is 9.59 Å². The number of carbonyl (C=O) groups excluding carboxylic acids is 2. The fraction of sp³-hybridized carbons (Fsp3) is 0.833. The third kappa shape index (κ3) is 5.09. The van der Waals surface area contributed by atoms with Gasteiger partial charge in [-0.2, -0.15) is 0 Å². The Bertz CT molecular complexity index is 509. The number of carboxylic acid groups (broad SMARTS) is 1. The number of urea groups is 1. The fourth-order valence-electron chi connectivity index (χ4n) is 3.64. The van der Waals surface area contributed by atoms with Crippen LogP contribution in [0, 0.1) is 17.8 Å². The molecule has 2 N–H and O–H groups in total. The van der Waals surface area contributed by atoms with E-state index in [2.05, 4.69) is 5.32 Å². The molecule has 25 heavy (non-hydrogen) atoms. The molecule has 3 atom stereocenters. The average Bonchev–Trinajstić information content (AvgIpc) is 2.59. The Balaban J connectivity index is 1.98. The van der Waals surface area contributed by atoms with Gasteiger partial charge < -0.3 is 20.2 Å². The molecule has 3 unspecified atom stereocenters. The van der Waals surface area contributed by atoms with E-state index < -0.39 is 12.0 Å². The van der Waals surface area contributed by atoms with E-state index >= 15 is 0 Å². The maximum absolute atomic E-state index is 12.9. The predicted octanol–water partition coefficient (Wildman–Crippen LogP) is 1.78. The maximum Gasteiger partial charge on any atom is 0.326 e. The molecule has 0 aromatic heterocycles. The molecule has 142 valence electrons. The zero-order valence-corrected chi connectivity index (χ0v) is 15.5. The number of nitrogens with one attached hydrogen (secondary N) is 1. The van der Waals surface area contributed by atoms with Crippen molar-refractivity contribution in [2.75, 3.05) is 26.2 Å². The van der Waals surface area contributed by atoms with Gasteiger partial charge >= 0.3 is 12.0 Å². The molecule has 0 aromatic carbocycles. The SMILES string of the molecule is CC(C)CNC(=O)N1CCCC(C(=O)N2CCC(C)CC2C(=O)O)C1. The first-order chi connectivity index (χ1) is 11.8. The van der Waals surface area contributed by atoms with Crippen molar-refractivity contribution in [3.63, 3.8) is 0 Å². The summed E-state index contributed by atoms with van der Waals surface area (Å²) in [5.41, 5.74) is 0. The highest BCUT2D eigenvalue weighted by Gasteiger charge is 2.39. The molecule has 2 heterocycles. The van der Waals surface area contributed by atoms with Crippen LogP contribution >= 0.6 is 0 Å². The van der Waals surface area contributed by atoms with Crippen LogP contribution in [0.1, 0.15) is 46.5 Å². The van der Waals surface area contributed by atoms with Gasteiger partial charge in [0.25, 0.3) is 0 Å². The van der Waals surface area contributed by atoms with Gasteiger partial charge in [0, 0.05) is 26.2 Å². The molecule has 0 bridgehead atoms. The molecule has 7 nitrogen and oxygen atoms in total. The van der Waals surface area contributed by atoms with Gasteiger partial charge in [-0.1, -0.05) is 20.8 Å². The summed E-state index contributed by atoms with van der Waals surface area (Å²) >= 11 is 0. The number of carbonyl (C=O) groups is 3. The summed E-state index contributed by atoms with van der Waals surface area (Å²) in [4.78, 5) is 39.9. The summed E-state index contributed by atoms with van der Waals surface area (Å²) in [6.45, 7) is 8.22. The summed E-state index contributed by atoms with van der Waals surface area (Å²) < 4.78 is 0. The van der Waals surface area contributed by atoms with E-state index in [4.69, 9.17) is 0 Å². The zero-order valence-electron chi connectivity index (χ0n) is 15.5. The summed E-state index contributed by atoms with van der Waals surface area (Å²) in [7, 11) is 0. The summed E-state index contributed by atoms with van der Waals surface area (Å²) in [6.07, 6.45) is 2.83. The largest absolute Gasteiger partial charge is 0.480 e. The van der Waals surface area contributed by atoms with Crippen LogP contribution < -0.4 is 5.32 Å². The van der Waals surface area contributed by atoms with Crippen LogP contribution in [0.4, 0.5) is 4.79 Å². The Hall–Kier alpha value is -1.79. The second kappa shape index (κ2) is 8.54. The number of carboxylic acids is 1. The first kappa shape index (κ1) is 19.5. The molecular formula is C18H31N3O4. The normalized spacial score (nSPS) is 27.3. The molecule has 3 amide bonds. The number of likely N-dealkylation sites (tertiary alicyclic amines) is 2. The van der Waals surface area contributed by atoms with Crippen molar-refractivity contribution >= 4 is 17.9 Å². The number of amides is 3. The molecule has 0 saturated carbocycles. The molecule has 2 aliphatic heterocycles. The lowest BCUT2D eigenvalue weighted by Crippen LogP contribution is -2.55. The van der Waals surface area contributed by atoms with Crippen LogP contribution in [0.25, 0.3) is 0 Å². The highest BCUT2D eigenvalue weighted by atomic mass is 16.4. The standard InChI is InChI=1S/C18H31N3O4/c1-12(2)10-19-18(25)20-7-4-5-14(11-20)16(22)21-8-6-13(3)9-15(21)17(23)24/h12-15H,4-11H2,1-3H3,(H,19,25)(H,23,24). The Morgan fingerprint density at radius 3 is 2.56 bits per heavy atom. The lowest BCUT2D eigenvalue weighted by Gasteiger charge is -2.40. The third-order valence-corrected chi connectivity index (χ3v) is 5.15. The van der Waals surface area contributed by atoms with Gasteiger partial charge in [-0.25, -0.2) is 9.59 Å². The van der Waals surface area contributed by atoms with Crippen molar-refractivity contribution < 1.29 is 19.5 Å². The van der Waals surface area contributed by atoms with Crippen LogP contribution in [0.5, 0.6) is 0 Å². The number of hydrogen-bond acceptors (Lipinski definition) is 3. The van der Waals surface area contributed by atoms with E-state index in [1.165, 1.54) is 4.90 Å². The van der Waals surface area contributed by atoms with Crippen LogP contribution in [0.3, 0.4) is 0 Å². The topological polar surface area (TPSA) is 90.0 Å². The van der Waals surface area contributed by atoms with Gasteiger partial charge in [0.05, 0.1) is 5.92 Å². The molecule has 2 saturated heterocycles. The van der Waals surface area contributed by atoms with Gasteiger partial charge in [-0.05, 0) is 37.5 Å². The minimum Gasteiger partial charge on any atom is -0.480 e. The van der Waals surface area contributed by atoms with Crippen LogP contribution in [-0.4, -0.2) is 65.0 Å². The number of piperidine rings is 2. The van der Waals surface area contributed by atoms with Gasteiger partial charge in [0.15, 0.2) is 0 Å². The number of nitrogens with zero attached hydrogens (tertiary/aromatic N) is 2. The Morgan fingerprint density at radius 2 is 1.92 bits per heavy atom. The first-order valence-corrected chi connectivity index (χ1v) is 9.35. The molecule has 7 heteroatoms.